The first kappa shape index (κ1) is 107. The lowest BCUT2D eigenvalue weighted by Crippen LogP contribution is -2.59. The first-order valence-electron chi connectivity index (χ1n) is 42.3. The van der Waals surface area contributed by atoms with Crippen molar-refractivity contribution in [1.82, 2.24) is 26.6 Å². The molecular formula is C90H127N11O25. The van der Waals surface area contributed by atoms with E-state index >= 15 is 0 Å². The predicted molar refractivity (Wildman–Crippen MR) is 466 cm³/mol. The van der Waals surface area contributed by atoms with Gasteiger partial charge in [-0.1, -0.05) is 84.3 Å². The van der Waals surface area contributed by atoms with Gasteiger partial charge in [0.25, 0.3) is 0 Å². The molecule has 2 heterocycles. The fraction of sp³-hybridized carbons (Fsp3) is 0.544. The molecule has 2 aliphatic heterocycles. The number of ether oxygens (including phenoxy) is 9. The van der Waals surface area contributed by atoms with Crippen LogP contribution in [0.1, 0.15) is 170 Å². The molecule has 0 aliphatic carbocycles. The molecule has 2 aliphatic rings. The van der Waals surface area contributed by atoms with Crippen LogP contribution in [0.5, 0.6) is 0 Å². The van der Waals surface area contributed by atoms with Crippen LogP contribution < -0.4 is 59.3 Å². The number of benzene rings is 4. The molecule has 7 amide bonds. The van der Waals surface area contributed by atoms with Crippen LogP contribution >= 0.6 is 0 Å². The zero-order chi connectivity index (χ0) is 92.2. The third-order valence-corrected chi connectivity index (χ3v) is 18.4. The van der Waals surface area contributed by atoms with Gasteiger partial charge in [0, 0.05) is 152 Å². The van der Waals surface area contributed by atoms with Crippen molar-refractivity contribution in [3.63, 3.8) is 0 Å². The van der Waals surface area contributed by atoms with Crippen molar-refractivity contribution in [3.8, 4) is 23.7 Å². The summed E-state index contributed by atoms with van der Waals surface area (Å²) < 4.78 is 50.3. The number of amides is 7. The van der Waals surface area contributed by atoms with Crippen molar-refractivity contribution in [2.45, 2.75) is 166 Å². The second-order valence-electron chi connectivity index (χ2n) is 30.4. The number of fused-ring (bicyclic) bond motifs is 4. The van der Waals surface area contributed by atoms with Crippen LogP contribution in [-0.2, 0) is 113 Å². The third kappa shape index (κ3) is 46.8. The van der Waals surface area contributed by atoms with Crippen LogP contribution in [0.2, 0.25) is 0 Å². The number of carbonyl (C=O) groups excluding carboxylic acids is 10. The Morgan fingerprint density at radius 2 is 0.651 bits per heavy atom. The van der Waals surface area contributed by atoms with E-state index in [2.05, 4.69) is 50.3 Å². The number of nitrogens with two attached hydrogens (primary N) is 4. The lowest BCUT2D eigenvalue weighted by molar-refractivity contribution is -0.140. The number of Topliss-reactive ketones (excluding diaryl/α,β-unsaturated/α-hetero) is 3. The molecule has 0 radical (unpaired) electrons. The van der Waals surface area contributed by atoms with Gasteiger partial charge >= 0.3 is 24.0 Å². The van der Waals surface area contributed by atoms with Crippen LogP contribution in [0.25, 0.3) is 0 Å². The van der Waals surface area contributed by atoms with Crippen LogP contribution in [-0.4, -0.2) is 260 Å². The zero-order valence-corrected chi connectivity index (χ0v) is 72.7. The molecule has 36 heteroatoms. The van der Waals surface area contributed by atoms with Gasteiger partial charge in [0.2, 0.25) is 35.4 Å². The van der Waals surface area contributed by atoms with E-state index in [1.165, 1.54) is 0 Å². The summed E-state index contributed by atoms with van der Waals surface area (Å²) in [7, 11) is 0. The quantitative estimate of drug-likeness (QED) is 0.0217. The zero-order valence-electron chi connectivity index (χ0n) is 72.7. The minimum Gasteiger partial charge on any atom is -0.481 e. The Morgan fingerprint density at radius 1 is 0.341 bits per heavy atom. The number of para-hydroxylation sites is 2. The number of carbonyl (C=O) groups is 13. The summed E-state index contributed by atoms with van der Waals surface area (Å²) in [6, 6.07) is 30.3. The second-order valence-corrected chi connectivity index (χ2v) is 30.4. The van der Waals surface area contributed by atoms with Crippen molar-refractivity contribution in [1.29, 1.82) is 0 Å². The van der Waals surface area contributed by atoms with Gasteiger partial charge < -0.3 is 117 Å². The van der Waals surface area contributed by atoms with Gasteiger partial charge in [-0.25, -0.2) is 4.79 Å². The van der Waals surface area contributed by atoms with Gasteiger partial charge in [0.15, 0.2) is 0 Å². The summed E-state index contributed by atoms with van der Waals surface area (Å²) >= 11 is 0. The minimum absolute atomic E-state index is 0.00607. The lowest BCUT2D eigenvalue weighted by Gasteiger charge is -2.34. The van der Waals surface area contributed by atoms with E-state index in [0.717, 1.165) is 33.4 Å². The Bertz CT molecular complexity index is 4110. The molecule has 0 aromatic heterocycles. The van der Waals surface area contributed by atoms with E-state index in [0.29, 0.717) is 96.0 Å². The molecule has 692 valence electrons. The maximum absolute atomic E-state index is 13.5. The van der Waals surface area contributed by atoms with Gasteiger partial charge in [-0.2, -0.15) is 0 Å². The van der Waals surface area contributed by atoms with E-state index in [9.17, 15) is 62.3 Å². The highest BCUT2D eigenvalue weighted by Gasteiger charge is 2.36. The van der Waals surface area contributed by atoms with Gasteiger partial charge in [-0.15, -0.1) is 0 Å². The third-order valence-electron chi connectivity index (χ3n) is 18.4. The number of nitrogens with zero attached hydrogens (tertiary/aromatic N) is 2. The summed E-state index contributed by atoms with van der Waals surface area (Å²) in [6.45, 7) is 7.55. The molecule has 0 spiro atoms. The van der Waals surface area contributed by atoms with Crippen LogP contribution in [0.3, 0.4) is 0 Å². The second kappa shape index (κ2) is 62.2. The standard InChI is InChI=1S/C45H65N7O10.C38H46N2O13.C7H16N2O2/c46-21-5-10-39(54)17-27-60-32-45(33-61-29-18-41(55)49-24-22-47,34-62-30-19-42(56)50-25-23-48)51-43(57)20-28-59-26-6-11-38(53)15-16-44(58)52-31-37-9-2-1-7-35(37)13-14-36-8-3-4-12-40(36)52;41-31(13-14-34(43)40-24-30-8-2-1-6-28(30)11-12-29-7-3-4-10-32(29)40)9-5-19-50-20-15-33(42)39-38(25-51-21-16-35(44)45,26-52-22-17-36(46)47)27-53-23-18-37(48)49;1-7(2,3)11-6(10)9-5-4-8/h1-4,7-9,12H,5-6,10-11,15-34,46-48H2,(H,49,55)(H,50,56)(H,51,57);1-4,6-8,10H,5,9,13-27H2,(H,39,42)(H,44,45)(H,46,47)(H,48,49);4-5,8H2,1-3H3,(H,9,10). The number of carboxylic acids is 3. The average Bonchev–Trinajstić information content (AvgIpc) is 0.808. The fourth-order valence-electron chi connectivity index (χ4n) is 12.0. The fourth-order valence-corrected chi connectivity index (χ4v) is 12.0. The molecule has 4 aromatic carbocycles. The van der Waals surface area contributed by atoms with Crippen molar-refractivity contribution in [3.05, 3.63) is 130 Å². The van der Waals surface area contributed by atoms with Crippen molar-refractivity contribution >= 4 is 88.2 Å². The average molecular weight is 1760 g/mol. The maximum atomic E-state index is 13.5. The number of hydrogen-bond acceptors (Lipinski definition) is 26. The van der Waals surface area contributed by atoms with Gasteiger partial charge in [0.05, 0.1) is 136 Å². The minimum atomic E-state index is -1.39. The number of aliphatic carboxylic acids is 3. The molecular weight excluding hydrogens is 1640 g/mol. The number of carboxylic acid groups (broad SMARTS) is 3. The van der Waals surface area contributed by atoms with Crippen LogP contribution in [0.15, 0.2) is 97.1 Å². The molecule has 126 heavy (non-hydrogen) atoms. The van der Waals surface area contributed by atoms with Crippen molar-refractivity contribution < 1.29 is 120 Å². The Kier molecular flexibility index (Phi) is 53.0. The Labute approximate surface area is 736 Å². The smallest absolute Gasteiger partial charge is 0.407 e. The first-order valence-corrected chi connectivity index (χ1v) is 42.3. The number of nitrogens with one attached hydrogen (secondary N) is 5. The van der Waals surface area contributed by atoms with Crippen molar-refractivity contribution in [2.24, 2.45) is 22.9 Å². The summed E-state index contributed by atoms with van der Waals surface area (Å²) in [6.07, 6.45) is 1.05. The van der Waals surface area contributed by atoms with Crippen molar-refractivity contribution in [2.75, 3.05) is 161 Å². The number of alkyl carbamates (subject to hydrolysis) is 1. The summed E-state index contributed by atoms with van der Waals surface area (Å²) in [4.78, 5) is 162. The Hall–Kier alpha value is -11.0. The molecule has 0 atom stereocenters. The van der Waals surface area contributed by atoms with E-state index in [-0.39, 0.29) is 237 Å². The Morgan fingerprint density at radius 3 is 1.02 bits per heavy atom. The van der Waals surface area contributed by atoms with Gasteiger partial charge in [-0.05, 0) is 94.1 Å². The number of anilines is 2. The number of hydrogen-bond donors (Lipinski definition) is 12. The summed E-state index contributed by atoms with van der Waals surface area (Å²) in [5, 5.41) is 40.4. The molecule has 4 aromatic rings. The van der Waals surface area contributed by atoms with Gasteiger partial charge in [-0.3, -0.25) is 57.5 Å². The Balaban J connectivity index is 0.000000475. The van der Waals surface area contributed by atoms with E-state index < -0.39 is 52.5 Å². The molecule has 36 nitrogen and oxygen atoms in total. The summed E-state index contributed by atoms with van der Waals surface area (Å²) in [5.41, 5.74) is 25.0. The highest BCUT2D eigenvalue weighted by molar-refractivity contribution is 5.98. The largest absolute Gasteiger partial charge is 0.481 e. The molecule has 6 rings (SSSR count). The van der Waals surface area contributed by atoms with Crippen LogP contribution in [0.4, 0.5) is 16.2 Å². The summed E-state index contributed by atoms with van der Waals surface area (Å²) in [5.74, 6) is 7.48. The highest BCUT2D eigenvalue weighted by Crippen LogP contribution is 2.29. The number of rotatable bonds is 61. The maximum Gasteiger partial charge on any atom is 0.407 e. The van der Waals surface area contributed by atoms with Crippen LogP contribution in [0, 0.1) is 23.7 Å². The molecule has 0 bridgehead atoms. The van der Waals surface area contributed by atoms with E-state index in [4.69, 9.17) is 80.9 Å². The normalized spacial score (nSPS) is 11.8. The molecule has 16 N–H and O–H groups in total. The molecule has 0 unspecified atom stereocenters. The topological polar surface area (TPSA) is 536 Å². The lowest BCUT2D eigenvalue weighted by atomic mass is 10.0. The molecule has 0 saturated heterocycles. The van der Waals surface area contributed by atoms with E-state index in [1.807, 2.05) is 118 Å². The monoisotopic (exact) mass is 1760 g/mol. The van der Waals surface area contributed by atoms with Gasteiger partial charge in [0.1, 0.15) is 34.0 Å². The first-order chi connectivity index (χ1) is 60.5. The highest BCUT2D eigenvalue weighted by atomic mass is 16.6. The predicted octanol–water partition coefficient (Wildman–Crippen LogP) is 4.27. The SMILES string of the molecule is CC(C)(C)OC(=O)NCCN.NCCCC(=O)CCOCC(COCCC(=O)NCCN)(COCCC(=O)NCCN)NC(=O)CCOCCCC(=O)CCC(=O)N1Cc2ccccc2C#Cc2ccccc21.O=C(O)CCOCC(COCCC(=O)O)(COCCC(=O)O)NC(=O)CCOCCCC(=O)CCC(=O)N1Cc2ccccc2C#Cc2ccccc21. The molecule has 0 saturated carbocycles. The number of ketones is 3. The van der Waals surface area contributed by atoms with E-state index in [1.54, 1.807) is 9.80 Å². The molecule has 0 fully saturated rings.